The van der Waals surface area contributed by atoms with Crippen molar-refractivity contribution in [3.63, 3.8) is 0 Å². The van der Waals surface area contributed by atoms with Crippen molar-refractivity contribution in [2.24, 2.45) is 0 Å². The molecule has 4 nitrogen and oxygen atoms in total. The predicted molar refractivity (Wildman–Crippen MR) is 14.3 cm³/mol. The number of hydrogen-bond donors (Lipinski definition) is 2. The van der Waals surface area contributed by atoms with Crippen molar-refractivity contribution >= 4 is 6.16 Å². The van der Waals surface area contributed by atoms with E-state index in [4.69, 9.17) is 15.0 Å². The van der Waals surface area contributed by atoms with Crippen LogP contribution in [0.2, 0.25) is 0 Å². The molecule has 0 saturated carbocycles. The van der Waals surface area contributed by atoms with Crippen molar-refractivity contribution in [2.45, 2.75) is 0 Å². The molecular formula is CH4O4Rh. The Balaban J connectivity index is -0.0000000450. The number of carboxylic acid groups (broad SMARTS) is 2. The Bertz CT molecular complexity index is 30.5. The third-order valence-corrected chi connectivity index (χ3v) is 0. The van der Waals surface area contributed by atoms with Crippen LogP contribution in [0, 0.1) is 0 Å². The van der Waals surface area contributed by atoms with Crippen LogP contribution in [0.3, 0.4) is 0 Å². The quantitative estimate of drug-likeness (QED) is 0.491. The average molecular weight is 183 g/mol. The van der Waals surface area contributed by atoms with E-state index in [1.807, 2.05) is 0 Å². The van der Waals surface area contributed by atoms with Gasteiger partial charge in [-0.05, 0) is 0 Å². The normalized spacial score (nSPS) is 4.00. The first-order valence-electron chi connectivity index (χ1n) is 0.651. The average Bonchev–Trinajstić information content (AvgIpc) is 0.811. The van der Waals surface area contributed by atoms with E-state index in [0.717, 1.165) is 0 Å². The Kier molecular flexibility index (Phi) is 25.0. The molecule has 4 N–H and O–H groups in total. The second-order valence-corrected chi connectivity index (χ2v) is 0.283. The minimum atomic E-state index is -1.83. The fourth-order valence-corrected chi connectivity index (χ4v) is 0. The summed E-state index contributed by atoms with van der Waals surface area (Å²) >= 11 is 0. The first kappa shape index (κ1) is 16.9. The van der Waals surface area contributed by atoms with Gasteiger partial charge < -0.3 is 15.7 Å². The summed E-state index contributed by atoms with van der Waals surface area (Å²) in [5.74, 6) is 0. The third-order valence-electron chi connectivity index (χ3n) is 0. The minimum Gasteiger partial charge on any atom is -0.450 e. The summed E-state index contributed by atoms with van der Waals surface area (Å²) in [4.78, 5) is 8.56. The number of hydrogen-bond acceptors (Lipinski definition) is 1. The van der Waals surface area contributed by atoms with Gasteiger partial charge in [0.15, 0.2) is 0 Å². The summed E-state index contributed by atoms with van der Waals surface area (Å²) in [6.07, 6.45) is -1.83. The van der Waals surface area contributed by atoms with Crippen LogP contribution in [0.25, 0.3) is 0 Å². The van der Waals surface area contributed by atoms with E-state index in [1.54, 1.807) is 0 Å². The third kappa shape index (κ3) is 1460. The van der Waals surface area contributed by atoms with E-state index >= 15 is 0 Å². The molecule has 0 aromatic rings. The molecule has 5 heteroatoms. The first-order chi connectivity index (χ1) is 1.73. The SMILES string of the molecule is O.O=C(O)O.[Rh]. The van der Waals surface area contributed by atoms with Gasteiger partial charge in [0.1, 0.15) is 0 Å². The second kappa shape index (κ2) is 8.85. The molecule has 0 bridgehead atoms. The van der Waals surface area contributed by atoms with Crippen molar-refractivity contribution in [3.05, 3.63) is 0 Å². The van der Waals surface area contributed by atoms with Crippen molar-refractivity contribution in [1.82, 2.24) is 0 Å². The van der Waals surface area contributed by atoms with Crippen LogP contribution in [0.5, 0.6) is 0 Å². The molecule has 0 fully saturated rings. The van der Waals surface area contributed by atoms with Gasteiger partial charge in [0, 0.05) is 19.5 Å². The van der Waals surface area contributed by atoms with Crippen LogP contribution in [0.1, 0.15) is 0 Å². The Hall–Kier alpha value is -0.147. The Labute approximate surface area is 46.9 Å². The molecule has 6 heavy (non-hydrogen) atoms. The van der Waals surface area contributed by atoms with Crippen molar-refractivity contribution < 1.29 is 40.0 Å². The van der Waals surface area contributed by atoms with Crippen LogP contribution >= 0.6 is 0 Å². The van der Waals surface area contributed by atoms with Gasteiger partial charge in [-0.15, -0.1) is 0 Å². The van der Waals surface area contributed by atoms with Gasteiger partial charge in [0.25, 0.3) is 0 Å². The molecule has 0 aliphatic heterocycles. The summed E-state index contributed by atoms with van der Waals surface area (Å²) in [5.41, 5.74) is 0. The zero-order valence-corrected chi connectivity index (χ0v) is 4.27. The van der Waals surface area contributed by atoms with E-state index in [-0.39, 0.29) is 25.0 Å². The molecule has 0 aliphatic carbocycles. The molecule has 0 atom stereocenters. The van der Waals surface area contributed by atoms with E-state index < -0.39 is 6.16 Å². The standard InChI is InChI=1S/CH2O3.H2O.Rh/c2-1(3)4;;/h(H2,2,3,4);1H2;. The summed E-state index contributed by atoms with van der Waals surface area (Å²) < 4.78 is 0. The maximum Gasteiger partial charge on any atom is 0.503 e. The molecule has 1 radical (unpaired) electrons. The van der Waals surface area contributed by atoms with E-state index in [0.29, 0.717) is 0 Å². The van der Waals surface area contributed by atoms with Gasteiger partial charge in [0.2, 0.25) is 0 Å². The molecule has 0 amide bonds. The molecule has 0 rings (SSSR count). The van der Waals surface area contributed by atoms with Gasteiger partial charge in [-0.25, -0.2) is 4.79 Å². The molecule has 0 saturated heterocycles. The van der Waals surface area contributed by atoms with Gasteiger partial charge in [-0.1, -0.05) is 0 Å². The fourth-order valence-electron chi connectivity index (χ4n) is 0. The largest absolute Gasteiger partial charge is 0.503 e. The van der Waals surface area contributed by atoms with E-state index in [2.05, 4.69) is 0 Å². The maximum atomic E-state index is 8.56. The summed E-state index contributed by atoms with van der Waals surface area (Å²) in [6, 6.07) is 0. The molecule has 0 aromatic heterocycles. The molecule has 0 unspecified atom stereocenters. The Morgan fingerprint density at radius 2 is 1.33 bits per heavy atom. The molecule has 0 spiro atoms. The van der Waals surface area contributed by atoms with Crippen LogP contribution in [0.15, 0.2) is 0 Å². The van der Waals surface area contributed by atoms with Crippen molar-refractivity contribution in [2.75, 3.05) is 0 Å². The van der Waals surface area contributed by atoms with Crippen LogP contribution in [0.4, 0.5) is 4.79 Å². The van der Waals surface area contributed by atoms with Crippen LogP contribution in [-0.2, 0) is 19.5 Å². The summed E-state index contributed by atoms with van der Waals surface area (Å²) in [5, 5.41) is 13.9. The fraction of sp³-hybridized carbons (Fsp3) is 0. The summed E-state index contributed by atoms with van der Waals surface area (Å²) in [6.45, 7) is 0. The van der Waals surface area contributed by atoms with Gasteiger partial charge in [-0.3, -0.25) is 0 Å². The van der Waals surface area contributed by atoms with E-state index in [9.17, 15) is 0 Å². The predicted octanol–water partition coefficient (Wildman–Crippen LogP) is -0.605. The van der Waals surface area contributed by atoms with E-state index in [1.165, 1.54) is 0 Å². The smallest absolute Gasteiger partial charge is 0.450 e. The van der Waals surface area contributed by atoms with Crippen molar-refractivity contribution in [3.8, 4) is 0 Å². The molecule has 0 aliphatic rings. The molecule has 0 heterocycles. The van der Waals surface area contributed by atoms with Gasteiger partial charge in [0.05, 0.1) is 0 Å². The Morgan fingerprint density at radius 3 is 1.33 bits per heavy atom. The number of carbonyl (C=O) groups is 1. The van der Waals surface area contributed by atoms with Crippen LogP contribution < -0.4 is 0 Å². The summed E-state index contributed by atoms with van der Waals surface area (Å²) in [7, 11) is 0. The zero-order chi connectivity index (χ0) is 3.58. The van der Waals surface area contributed by atoms with Crippen LogP contribution in [-0.4, -0.2) is 21.8 Å². The second-order valence-electron chi connectivity index (χ2n) is 0.283. The van der Waals surface area contributed by atoms with Crippen molar-refractivity contribution in [1.29, 1.82) is 0 Å². The molecule has 41 valence electrons. The topological polar surface area (TPSA) is 89.0 Å². The van der Waals surface area contributed by atoms with Gasteiger partial charge >= 0.3 is 6.16 Å². The minimum absolute atomic E-state index is 0. The van der Waals surface area contributed by atoms with Gasteiger partial charge in [-0.2, -0.15) is 0 Å². The zero-order valence-electron chi connectivity index (χ0n) is 2.64. The maximum absolute atomic E-state index is 8.56. The first-order valence-corrected chi connectivity index (χ1v) is 0.651. The molecular weight excluding hydrogens is 179 g/mol. The Morgan fingerprint density at radius 1 is 1.33 bits per heavy atom. The monoisotopic (exact) mass is 183 g/mol. The molecule has 0 aromatic carbocycles. The number of rotatable bonds is 0.